The van der Waals surface area contributed by atoms with Gasteiger partial charge >= 0.3 is 0 Å². The third kappa shape index (κ3) is 3.49. The summed E-state index contributed by atoms with van der Waals surface area (Å²) >= 11 is 2.96. The van der Waals surface area contributed by atoms with Gasteiger partial charge in [0.25, 0.3) is 5.56 Å². The number of fused-ring (bicyclic) bond motifs is 3. The number of nitrogens with one attached hydrogen (secondary N) is 1. The van der Waals surface area contributed by atoms with Crippen molar-refractivity contribution in [2.75, 3.05) is 5.32 Å². The van der Waals surface area contributed by atoms with Crippen molar-refractivity contribution in [1.29, 1.82) is 0 Å². The van der Waals surface area contributed by atoms with Crippen LogP contribution in [0.15, 0.2) is 34.2 Å². The van der Waals surface area contributed by atoms with Crippen molar-refractivity contribution in [3.8, 4) is 0 Å². The Hall–Kier alpha value is -2.12. The summed E-state index contributed by atoms with van der Waals surface area (Å²) in [4.78, 5) is 32.5. The van der Waals surface area contributed by atoms with Crippen LogP contribution in [0.3, 0.4) is 0 Å². The number of carbonyl (C=O) groups excluding carboxylic acids is 1. The molecule has 0 fully saturated rings. The van der Waals surface area contributed by atoms with Crippen LogP contribution < -0.4 is 10.9 Å². The molecule has 0 aliphatic heterocycles. The van der Waals surface area contributed by atoms with Gasteiger partial charge < -0.3 is 5.32 Å². The summed E-state index contributed by atoms with van der Waals surface area (Å²) in [6, 6.07) is 7.70. The second-order valence-electron chi connectivity index (χ2n) is 7.21. The molecular formula is C21H23N3O2S2. The van der Waals surface area contributed by atoms with Crippen LogP contribution in [0.2, 0.25) is 0 Å². The number of aryl methyl sites for hydroxylation is 3. The van der Waals surface area contributed by atoms with Crippen molar-refractivity contribution in [3.05, 3.63) is 50.6 Å². The van der Waals surface area contributed by atoms with Gasteiger partial charge in [0.05, 0.1) is 10.6 Å². The average Bonchev–Trinajstić information content (AvgIpc) is 3.05. The summed E-state index contributed by atoms with van der Waals surface area (Å²) in [6.07, 6.45) is 4.32. The van der Waals surface area contributed by atoms with Crippen molar-refractivity contribution in [2.45, 2.75) is 49.9 Å². The van der Waals surface area contributed by atoms with Gasteiger partial charge in [-0.2, -0.15) is 0 Å². The van der Waals surface area contributed by atoms with Crippen LogP contribution >= 0.6 is 23.1 Å². The van der Waals surface area contributed by atoms with E-state index in [1.54, 1.807) is 23.0 Å². The minimum Gasteiger partial charge on any atom is -0.325 e. The van der Waals surface area contributed by atoms with Gasteiger partial charge in [-0.25, -0.2) is 4.98 Å². The monoisotopic (exact) mass is 413 g/mol. The molecule has 2 heterocycles. The number of hydrogen-bond donors (Lipinski definition) is 1. The highest BCUT2D eigenvalue weighted by molar-refractivity contribution is 8.00. The number of carbonyl (C=O) groups is 1. The molecule has 1 aliphatic carbocycles. The van der Waals surface area contributed by atoms with Crippen LogP contribution in [0.25, 0.3) is 10.2 Å². The maximum absolute atomic E-state index is 13.0. The summed E-state index contributed by atoms with van der Waals surface area (Å²) in [5, 5.41) is 3.97. The number of amides is 1. The number of anilines is 1. The van der Waals surface area contributed by atoms with Gasteiger partial charge in [0.1, 0.15) is 4.83 Å². The van der Waals surface area contributed by atoms with Crippen molar-refractivity contribution < 1.29 is 4.79 Å². The van der Waals surface area contributed by atoms with E-state index in [9.17, 15) is 9.59 Å². The number of thioether (sulfide) groups is 1. The molecule has 0 saturated heterocycles. The second-order valence-corrected chi connectivity index (χ2v) is 9.61. The summed E-state index contributed by atoms with van der Waals surface area (Å²) in [5.74, 6) is -0.0980. The van der Waals surface area contributed by atoms with Crippen molar-refractivity contribution in [3.63, 3.8) is 0 Å². The molecule has 2 aromatic heterocycles. The van der Waals surface area contributed by atoms with Crippen LogP contribution in [-0.2, 0) is 24.7 Å². The molecule has 0 bridgehead atoms. The summed E-state index contributed by atoms with van der Waals surface area (Å²) < 4.78 is 1.59. The van der Waals surface area contributed by atoms with E-state index in [0.717, 1.165) is 40.7 Å². The summed E-state index contributed by atoms with van der Waals surface area (Å²) in [6.45, 7) is 3.80. The minimum atomic E-state index is -0.371. The Bertz CT molecular complexity index is 1120. The zero-order valence-corrected chi connectivity index (χ0v) is 17.9. The molecule has 1 aromatic carbocycles. The predicted molar refractivity (Wildman–Crippen MR) is 117 cm³/mol. The molecule has 0 spiro atoms. The minimum absolute atomic E-state index is 0.00147. The lowest BCUT2D eigenvalue weighted by Crippen LogP contribution is -2.26. The molecule has 1 atom stereocenters. The lowest BCUT2D eigenvalue weighted by molar-refractivity contribution is -0.115. The number of para-hydroxylation sites is 1. The van der Waals surface area contributed by atoms with E-state index in [1.165, 1.54) is 28.6 Å². The molecule has 28 heavy (non-hydrogen) atoms. The van der Waals surface area contributed by atoms with Crippen LogP contribution in [0.4, 0.5) is 5.69 Å². The third-order valence-corrected chi connectivity index (χ3v) is 7.54. The molecule has 146 valence electrons. The summed E-state index contributed by atoms with van der Waals surface area (Å²) in [7, 11) is 1.75. The fourth-order valence-electron chi connectivity index (χ4n) is 3.53. The second kappa shape index (κ2) is 7.72. The Morgan fingerprint density at radius 2 is 2.04 bits per heavy atom. The first-order chi connectivity index (χ1) is 13.5. The van der Waals surface area contributed by atoms with E-state index >= 15 is 0 Å². The van der Waals surface area contributed by atoms with E-state index in [2.05, 4.69) is 5.32 Å². The zero-order chi connectivity index (χ0) is 19.8. The first-order valence-electron chi connectivity index (χ1n) is 9.50. The van der Waals surface area contributed by atoms with E-state index < -0.39 is 0 Å². The molecule has 0 unspecified atom stereocenters. The van der Waals surface area contributed by atoms with Gasteiger partial charge in [-0.1, -0.05) is 30.0 Å². The number of hydrogen-bond acceptors (Lipinski definition) is 5. The molecule has 4 rings (SSSR count). The number of benzene rings is 1. The van der Waals surface area contributed by atoms with Crippen LogP contribution in [0.1, 0.15) is 35.8 Å². The summed E-state index contributed by atoms with van der Waals surface area (Å²) in [5.41, 5.74) is 3.02. The lowest BCUT2D eigenvalue weighted by atomic mass is 9.97. The molecule has 7 heteroatoms. The Balaban J connectivity index is 1.60. The molecule has 1 aliphatic rings. The molecule has 0 saturated carbocycles. The SMILES string of the molecule is Cc1ccccc1NC(=O)[C@@H](C)Sc1nc2sc3c(c2c(=O)n1C)CCCC3. The largest absolute Gasteiger partial charge is 0.325 e. The van der Waals surface area contributed by atoms with Gasteiger partial charge in [0.15, 0.2) is 5.16 Å². The highest BCUT2D eigenvalue weighted by atomic mass is 32.2. The smallest absolute Gasteiger partial charge is 0.262 e. The molecule has 1 N–H and O–H groups in total. The van der Waals surface area contributed by atoms with Gasteiger partial charge in [-0.3, -0.25) is 14.2 Å². The number of thiophene rings is 1. The maximum Gasteiger partial charge on any atom is 0.262 e. The standard InChI is InChI=1S/C21H23N3O2S2/c1-12-8-4-6-10-15(12)22-18(25)13(2)27-21-23-19-17(20(26)24(21)3)14-9-5-7-11-16(14)28-19/h4,6,8,10,13H,5,7,9,11H2,1-3H3,(H,22,25)/t13-/m1/s1. The lowest BCUT2D eigenvalue weighted by Gasteiger charge is -2.15. The van der Waals surface area contributed by atoms with Crippen LogP contribution in [-0.4, -0.2) is 20.7 Å². The molecule has 3 aromatic rings. The Labute approximate surface area is 172 Å². The van der Waals surface area contributed by atoms with Crippen molar-refractivity contribution in [1.82, 2.24) is 9.55 Å². The highest BCUT2D eigenvalue weighted by Crippen LogP contribution is 2.35. The predicted octanol–water partition coefficient (Wildman–Crippen LogP) is 4.30. The molecule has 1 amide bonds. The Kier molecular flexibility index (Phi) is 5.29. The first kappa shape index (κ1) is 19.2. The van der Waals surface area contributed by atoms with E-state index in [-0.39, 0.29) is 16.7 Å². The maximum atomic E-state index is 13.0. The topological polar surface area (TPSA) is 64.0 Å². The van der Waals surface area contributed by atoms with Gasteiger partial charge in [0, 0.05) is 17.6 Å². The molecular weight excluding hydrogens is 390 g/mol. The normalized spacial score (nSPS) is 14.7. The first-order valence-corrected chi connectivity index (χ1v) is 11.2. The van der Waals surface area contributed by atoms with Crippen LogP contribution in [0, 0.1) is 6.92 Å². The van der Waals surface area contributed by atoms with E-state index in [1.807, 2.05) is 38.1 Å². The number of aromatic nitrogens is 2. The van der Waals surface area contributed by atoms with E-state index in [4.69, 9.17) is 4.98 Å². The van der Waals surface area contributed by atoms with E-state index in [0.29, 0.717) is 5.16 Å². The van der Waals surface area contributed by atoms with Gasteiger partial charge in [0.2, 0.25) is 5.91 Å². The third-order valence-electron chi connectivity index (χ3n) is 5.21. The Morgan fingerprint density at radius 3 is 2.82 bits per heavy atom. The fourth-order valence-corrected chi connectivity index (χ4v) is 5.71. The van der Waals surface area contributed by atoms with Crippen molar-refractivity contribution in [2.24, 2.45) is 7.05 Å². The number of nitrogens with zero attached hydrogens (tertiary/aromatic N) is 2. The highest BCUT2D eigenvalue weighted by Gasteiger charge is 2.23. The average molecular weight is 414 g/mol. The van der Waals surface area contributed by atoms with Gasteiger partial charge in [-0.05, 0) is 56.7 Å². The fraction of sp³-hybridized carbons (Fsp3) is 0.381. The molecule has 5 nitrogen and oxygen atoms in total. The quantitative estimate of drug-likeness (QED) is 0.512. The zero-order valence-electron chi connectivity index (χ0n) is 16.2. The number of rotatable bonds is 4. The molecule has 0 radical (unpaired) electrons. The Morgan fingerprint density at radius 1 is 1.29 bits per heavy atom. The van der Waals surface area contributed by atoms with Crippen LogP contribution in [0.5, 0.6) is 0 Å². The van der Waals surface area contributed by atoms with Crippen molar-refractivity contribution >= 4 is 44.9 Å². The van der Waals surface area contributed by atoms with Gasteiger partial charge in [-0.15, -0.1) is 11.3 Å².